The normalized spacial score (nSPS) is 22.8. The van der Waals surface area contributed by atoms with Crippen LogP contribution in [0.15, 0.2) is 0 Å². The minimum atomic E-state index is -3.00. The molecule has 0 aromatic carbocycles. The zero-order valence-electron chi connectivity index (χ0n) is 11.1. The summed E-state index contributed by atoms with van der Waals surface area (Å²) in [5.41, 5.74) is 0. The van der Waals surface area contributed by atoms with Crippen molar-refractivity contribution in [3.63, 3.8) is 0 Å². The first-order chi connectivity index (χ1) is 8.06. The highest BCUT2D eigenvalue weighted by Gasteiger charge is 2.26. The Hall–Kier alpha value is -0.130. The van der Waals surface area contributed by atoms with E-state index in [1.807, 2.05) is 0 Å². The Balaban J connectivity index is 2.29. The van der Waals surface area contributed by atoms with E-state index in [-0.39, 0.29) is 0 Å². The number of hydrogen-bond donors (Lipinski definition) is 1. The van der Waals surface area contributed by atoms with Crippen molar-refractivity contribution in [2.24, 2.45) is 5.92 Å². The second-order valence-electron chi connectivity index (χ2n) is 4.98. The summed E-state index contributed by atoms with van der Waals surface area (Å²) in [6.07, 6.45) is 3.88. The molecule has 1 aliphatic rings. The van der Waals surface area contributed by atoms with E-state index in [0.717, 1.165) is 51.9 Å². The summed E-state index contributed by atoms with van der Waals surface area (Å²) in [6.45, 7) is 7.51. The zero-order chi connectivity index (χ0) is 12.7. The van der Waals surface area contributed by atoms with Gasteiger partial charge in [-0.1, -0.05) is 13.8 Å². The van der Waals surface area contributed by atoms with Crippen molar-refractivity contribution < 1.29 is 8.42 Å². The number of piperidine rings is 1. The highest BCUT2D eigenvalue weighted by molar-refractivity contribution is 7.89. The van der Waals surface area contributed by atoms with E-state index >= 15 is 0 Å². The summed E-state index contributed by atoms with van der Waals surface area (Å²) in [4.78, 5) is 0. The van der Waals surface area contributed by atoms with Gasteiger partial charge in [0.2, 0.25) is 10.0 Å². The van der Waals surface area contributed by atoms with Gasteiger partial charge < -0.3 is 5.32 Å². The van der Waals surface area contributed by atoms with Crippen LogP contribution in [0.3, 0.4) is 0 Å². The predicted molar refractivity (Wildman–Crippen MR) is 71.5 cm³/mol. The van der Waals surface area contributed by atoms with Crippen molar-refractivity contribution in [2.75, 3.05) is 31.9 Å². The average molecular weight is 262 g/mol. The van der Waals surface area contributed by atoms with Gasteiger partial charge in [0.25, 0.3) is 0 Å². The largest absolute Gasteiger partial charge is 0.317 e. The molecule has 1 rings (SSSR count). The molecule has 0 aliphatic carbocycles. The van der Waals surface area contributed by atoms with E-state index in [2.05, 4.69) is 19.2 Å². The number of hydrogen-bond acceptors (Lipinski definition) is 3. The number of sulfonamides is 1. The minimum absolute atomic E-state index is 0.311. The van der Waals surface area contributed by atoms with Crippen LogP contribution in [0.25, 0.3) is 0 Å². The van der Waals surface area contributed by atoms with Crippen LogP contribution in [0.5, 0.6) is 0 Å². The molecule has 0 saturated carbocycles. The summed E-state index contributed by atoms with van der Waals surface area (Å²) < 4.78 is 25.8. The molecule has 17 heavy (non-hydrogen) atoms. The smallest absolute Gasteiger partial charge is 0.214 e. The number of nitrogens with zero attached hydrogens (tertiary/aromatic N) is 1. The maximum atomic E-state index is 12.1. The minimum Gasteiger partial charge on any atom is -0.317 e. The molecule has 1 unspecified atom stereocenters. The lowest BCUT2D eigenvalue weighted by atomic mass is 10.0. The molecule has 1 fully saturated rings. The molecule has 5 heteroatoms. The second-order valence-corrected chi connectivity index (χ2v) is 7.07. The van der Waals surface area contributed by atoms with Crippen LogP contribution < -0.4 is 5.32 Å². The monoisotopic (exact) mass is 262 g/mol. The van der Waals surface area contributed by atoms with E-state index < -0.39 is 10.0 Å². The first kappa shape index (κ1) is 14.9. The Kier molecular flexibility index (Phi) is 6.44. The molecule has 1 saturated heterocycles. The number of rotatable bonds is 7. The van der Waals surface area contributed by atoms with E-state index in [0.29, 0.717) is 11.7 Å². The quantitative estimate of drug-likeness (QED) is 0.706. The van der Waals surface area contributed by atoms with Crippen LogP contribution >= 0.6 is 0 Å². The molecule has 0 radical (unpaired) electrons. The molecule has 1 aliphatic heterocycles. The van der Waals surface area contributed by atoms with Gasteiger partial charge in [0, 0.05) is 13.1 Å². The van der Waals surface area contributed by atoms with E-state index in [4.69, 9.17) is 0 Å². The summed E-state index contributed by atoms with van der Waals surface area (Å²) in [5, 5.41) is 3.21. The van der Waals surface area contributed by atoms with Crippen LogP contribution in [0.4, 0.5) is 0 Å². The first-order valence-corrected chi connectivity index (χ1v) is 8.35. The predicted octanol–water partition coefficient (Wildman–Crippen LogP) is 1.44. The SMILES string of the molecule is CCNCCCCS(=O)(=O)N1CCCC(C)C1. The fourth-order valence-corrected chi connectivity index (χ4v) is 3.96. The van der Waals surface area contributed by atoms with Gasteiger partial charge in [-0.3, -0.25) is 0 Å². The lowest BCUT2D eigenvalue weighted by Gasteiger charge is -2.30. The number of unbranched alkanes of at least 4 members (excludes halogenated alkanes) is 1. The third kappa shape index (κ3) is 5.36. The Morgan fingerprint density at radius 3 is 2.76 bits per heavy atom. The van der Waals surface area contributed by atoms with Crippen LogP contribution in [0.2, 0.25) is 0 Å². The van der Waals surface area contributed by atoms with Gasteiger partial charge in [-0.05, 0) is 44.7 Å². The van der Waals surface area contributed by atoms with Crippen molar-refractivity contribution in [2.45, 2.75) is 39.5 Å². The maximum absolute atomic E-state index is 12.1. The van der Waals surface area contributed by atoms with E-state index in [9.17, 15) is 8.42 Å². The van der Waals surface area contributed by atoms with Crippen LogP contribution in [0, 0.1) is 5.92 Å². The average Bonchev–Trinajstić information content (AvgIpc) is 2.29. The van der Waals surface area contributed by atoms with Gasteiger partial charge in [-0.25, -0.2) is 12.7 Å². The van der Waals surface area contributed by atoms with E-state index in [1.54, 1.807) is 4.31 Å². The van der Waals surface area contributed by atoms with Crippen molar-refractivity contribution in [3.05, 3.63) is 0 Å². The summed E-state index contributed by atoms with van der Waals surface area (Å²) in [5.74, 6) is 0.825. The third-order valence-corrected chi connectivity index (χ3v) is 5.19. The summed E-state index contributed by atoms with van der Waals surface area (Å²) in [6, 6.07) is 0. The topological polar surface area (TPSA) is 49.4 Å². The molecule has 4 nitrogen and oxygen atoms in total. The lowest BCUT2D eigenvalue weighted by molar-refractivity contribution is 0.281. The van der Waals surface area contributed by atoms with Gasteiger partial charge in [-0.15, -0.1) is 0 Å². The van der Waals surface area contributed by atoms with Crippen LogP contribution in [-0.4, -0.2) is 44.7 Å². The van der Waals surface area contributed by atoms with Gasteiger partial charge in [0.15, 0.2) is 0 Å². The highest BCUT2D eigenvalue weighted by Crippen LogP contribution is 2.19. The Morgan fingerprint density at radius 2 is 2.12 bits per heavy atom. The van der Waals surface area contributed by atoms with Gasteiger partial charge in [0.05, 0.1) is 5.75 Å². The first-order valence-electron chi connectivity index (χ1n) is 6.75. The van der Waals surface area contributed by atoms with Crippen molar-refractivity contribution >= 4 is 10.0 Å². The molecule has 1 heterocycles. The van der Waals surface area contributed by atoms with E-state index in [1.165, 1.54) is 0 Å². The van der Waals surface area contributed by atoms with Gasteiger partial charge >= 0.3 is 0 Å². The Labute approximate surface area is 106 Å². The molecular formula is C12H26N2O2S. The highest BCUT2D eigenvalue weighted by atomic mass is 32.2. The molecule has 0 bridgehead atoms. The van der Waals surface area contributed by atoms with Crippen LogP contribution in [0.1, 0.15) is 39.5 Å². The summed E-state index contributed by atoms with van der Waals surface area (Å²) in [7, 11) is -3.00. The third-order valence-electron chi connectivity index (χ3n) is 3.27. The summed E-state index contributed by atoms with van der Waals surface area (Å²) >= 11 is 0. The standard InChI is InChI=1S/C12H26N2O2S/c1-3-13-8-4-5-10-17(15,16)14-9-6-7-12(2)11-14/h12-13H,3-11H2,1-2H3. The fraction of sp³-hybridized carbons (Fsp3) is 1.00. The van der Waals surface area contributed by atoms with Crippen molar-refractivity contribution in [1.82, 2.24) is 9.62 Å². The molecule has 0 spiro atoms. The molecule has 0 aromatic rings. The molecule has 102 valence electrons. The Bertz CT molecular complexity index is 304. The second kappa shape index (κ2) is 7.34. The molecule has 0 amide bonds. The van der Waals surface area contributed by atoms with Crippen molar-refractivity contribution in [3.8, 4) is 0 Å². The maximum Gasteiger partial charge on any atom is 0.214 e. The molecule has 1 atom stereocenters. The van der Waals surface area contributed by atoms with Crippen LogP contribution in [-0.2, 0) is 10.0 Å². The molecule has 0 aromatic heterocycles. The molecular weight excluding hydrogens is 236 g/mol. The van der Waals surface area contributed by atoms with Gasteiger partial charge in [-0.2, -0.15) is 0 Å². The number of nitrogens with one attached hydrogen (secondary N) is 1. The zero-order valence-corrected chi connectivity index (χ0v) is 11.9. The van der Waals surface area contributed by atoms with Gasteiger partial charge in [0.1, 0.15) is 0 Å². The Morgan fingerprint density at radius 1 is 1.35 bits per heavy atom. The fourth-order valence-electron chi connectivity index (χ4n) is 2.24. The molecule has 1 N–H and O–H groups in total. The van der Waals surface area contributed by atoms with Crippen molar-refractivity contribution in [1.29, 1.82) is 0 Å². The lowest BCUT2D eigenvalue weighted by Crippen LogP contribution is -2.40.